The summed E-state index contributed by atoms with van der Waals surface area (Å²) in [6, 6.07) is 0. The van der Waals surface area contributed by atoms with Crippen molar-refractivity contribution in [3.63, 3.8) is 0 Å². The quantitative estimate of drug-likeness (QED) is 0.0400. The Bertz CT molecular complexity index is 827. The number of esters is 2. The second-order valence-electron chi connectivity index (χ2n) is 13.7. The average Bonchev–Trinajstić information content (AvgIpc) is 3.10. The standard InChI is InChI=1S/C44H78O5/c1-3-5-7-9-11-13-15-17-18-19-20-21-22-23-24-25-27-29-31-33-35-37-39-44(47)49-42(40-45)41-48-43(46)38-36-34-32-30-28-26-16-14-12-10-8-6-4-2/h19-20,22-23,26,28,32,34,42,45H,3-18,21,24-25,27,29-31,33,35-41H2,1-2H3/b20-19+,23-22+,28-26+,34-32+. The van der Waals surface area contributed by atoms with Crippen LogP contribution in [0, 0.1) is 0 Å². The van der Waals surface area contributed by atoms with Gasteiger partial charge < -0.3 is 14.6 Å². The molecule has 1 N–H and O–H groups in total. The smallest absolute Gasteiger partial charge is 0.306 e. The van der Waals surface area contributed by atoms with Gasteiger partial charge in [-0.15, -0.1) is 0 Å². The number of carbonyl (C=O) groups is 2. The molecule has 5 heteroatoms. The van der Waals surface area contributed by atoms with Crippen molar-refractivity contribution < 1.29 is 24.2 Å². The van der Waals surface area contributed by atoms with Crippen molar-refractivity contribution >= 4 is 11.9 Å². The van der Waals surface area contributed by atoms with E-state index in [1.165, 1.54) is 122 Å². The zero-order valence-electron chi connectivity index (χ0n) is 32.2. The summed E-state index contributed by atoms with van der Waals surface area (Å²) in [7, 11) is 0. The van der Waals surface area contributed by atoms with Crippen LogP contribution in [0.15, 0.2) is 48.6 Å². The van der Waals surface area contributed by atoms with Crippen molar-refractivity contribution in [2.45, 2.75) is 206 Å². The van der Waals surface area contributed by atoms with Gasteiger partial charge in [0, 0.05) is 12.8 Å². The van der Waals surface area contributed by atoms with Crippen molar-refractivity contribution in [3.8, 4) is 0 Å². The van der Waals surface area contributed by atoms with Crippen LogP contribution in [0.5, 0.6) is 0 Å². The van der Waals surface area contributed by atoms with Crippen LogP contribution < -0.4 is 0 Å². The predicted octanol–water partition coefficient (Wildman–Crippen LogP) is 13.0. The van der Waals surface area contributed by atoms with Crippen LogP contribution in [0.4, 0.5) is 0 Å². The van der Waals surface area contributed by atoms with Crippen molar-refractivity contribution in [1.29, 1.82) is 0 Å². The SMILES string of the molecule is CCCCCCCC/C=C/C/C=C/CCC(=O)OCC(CO)OC(=O)CCCCCCCCC/C=C/C/C=C/CCCCCCCCCC. The fourth-order valence-corrected chi connectivity index (χ4v) is 5.70. The monoisotopic (exact) mass is 687 g/mol. The first-order valence-electron chi connectivity index (χ1n) is 20.7. The largest absolute Gasteiger partial charge is 0.462 e. The lowest BCUT2D eigenvalue weighted by Crippen LogP contribution is -2.28. The summed E-state index contributed by atoms with van der Waals surface area (Å²) in [5.74, 6) is -0.678. The van der Waals surface area contributed by atoms with E-state index in [9.17, 15) is 14.7 Å². The Morgan fingerprint density at radius 3 is 1.29 bits per heavy atom. The number of aliphatic hydroxyl groups excluding tert-OH is 1. The molecular weight excluding hydrogens is 608 g/mol. The van der Waals surface area contributed by atoms with E-state index < -0.39 is 6.10 Å². The van der Waals surface area contributed by atoms with Gasteiger partial charge in [-0.2, -0.15) is 0 Å². The number of ether oxygens (including phenoxy) is 2. The summed E-state index contributed by atoms with van der Waals surface area (Å²) in [5.41, 5.74) is 0. The summed E-state index contributed by atoms with van der Waals surface area (Å²) in [6.45, 7) is 4.07. The molecule has 0 aromatic heterocycles. The van der Waals surface area contributed by atoms with Gasteiger partial charge in [0.2, 0.25) is 0 Å². The molecule has 0 aliphatic rings. The third-order valence-electron chi connectivity index (χ3n) is 8.86. The minimum atomic E-state index is -0.798. The molecule has 284 valence electrons. The lowest BCUT2D eigenvalue weighted by molar-refractivity contribution is -0.161. The molecule has 0 aromatic rings. The van der Waals surface area contributed by atoms with E-state index in [4.69, 9.17) is 9.47 Å². The summed E-state index contributed by atoms with van der Waals surface area (Å²) in [4.78, 5) is 24.2. The Hall–Kier alpha value is -2.14. The molecule has 0 rings (SSSR count). The highest BCUT2D eigenvalue weighted by Gasteiger charge is 2.15. The van der Waals surface area contributed by atoms with Gasteiger partial charge in [0.05, 0.1) is 6.61 Å². The van der Waals surface area contributed by atoms with Crippen LogP contribution in [0.1, 0.15) is 200 Å². The molecule has 0 amide bonds. The maximum Gasteiger partial charge on any atom is 0.306 e. The molecule has 0 fully saturated rings. The first-order valence-corrected chi connectivity index (χ1v) is 20.7. The van der Waals surface area contributed by atoms with Gasteiger partial charge in [-0.05, 0) is 64.2 Å². The molecule has 0 spiro atoms. The first kappa shape index (κ1) is 46.9. The Morgan fingerprint density at radius 2 is 0.857 bits per heavy atom. The Kier molecular flexibility index (Phi) is 38.5. The second kappa shape index (κ2) is 40.3. The maximum atomic E-state index is 12.2. The van der Waals surface area contributed by atoms with Crippen LogP contribution >= 0.6 is 0 Å². The molecule has 0 heterocycles. The number of unbranched alkanes of at least 4 members (excludes halogenated alkanes) is 21. The van der Waals surface area contributed by atoms with E-state index >= 15 is 0 Å². The zero-order chi connectivity index (χ0) is 35.7. The first-order chi connectivity index (χ1) is 24.1. The normalized spacial score (nSPS) is 12.6. The highest BCUT2D eigenvalue weighted by atomic mass is 16.6. The maximum absolute atomic E-state index is 12.2. The molecule has 0 aromatic carbocycles. The third kappa shape index (κ3) is 38.5. The molecule has 49 heavy (non-hydrogen) atoms. The number of allylic oxidation sites excluding steroid dienone is 8. The van der Waals surface area contributed by atoms with Crippen molar-refractivity contribution in [3.05, 3.63) is 48.6 Å². The van der Waals surface area contributed by atoms with Crippen LogP contribution in [-0.2, 0) is 19.1 Å². The summed E-state index contributed by atoms with van der Waals surface area (Å²) in [6.07, 6.45) is 50.5. The average molecular weight is 687 g/mol. The van der Waals surface area contributed by atoms with E-state index in [1.54, 1.807) is 0 Å². The molecule has 0 bridgehead atoms. The van der Waals surface area contributed by atoms with Gasteiger partial charge in [0.25, 0.3) is 0 Å². The Morgan fingerprint density at radius 1 is 0.469 bits per heavy atom. The molecule has 1 unspecified atom stereocenters. The third-order valence-corrected chi connectivity index (χ3v) is 8.86. The fraction of sp³-hybridized carbons (Fsp3) is 0.773. The molecule has 0 aliphatic carbocycles. The number of carbonyl (C=O) groups excluding carboxylic acids is 2. The van der Waals surface area contributed by atoms with Gasteiger partial charge >= 0.3 is 11.9 Å². The van der Waals surface area contributed by atoms with Crippen molar-refractivity contribution in [1.82, 2.24) is 0 Å². The zero-order valence-corrected chi connectivity index (χ0v) is 32.2. The number of hydrogen-bond acceptors (Lipinski definition) is 5. The van der Waals surface area contributed by atoms with E-state index in [2.05, 4.69) is 56.4 Å². The Balaban J connectivity index is 3.61. The molecule has 5 nitrogen and oxygen atoms in total. The van der Waals surface area contributed by atoms with Crippen LogP contribution in [0.25, 0.3) is 0 Å². The van der Waals surface area contributed by atoms with E-state index in [0.29, 0.717) is 12.8 Å². The van der Waals surface area contributed by atoms with Gasteiger partial charge in [-0.1, -0.05) is 172 Å². The van der Waals surface area contributed by atoms with Crippen molar-refractivity contribution in [2.75, 3.05) is 13.2 Å². The molecule has 0 saturated carbocycles. The van der Waals surface area contributed by atoms with Crippen molar-refractivity contribution in [2.24, 2.45) is 0 Å². The predicted molar refractivity (Wildman–Crippen MR) is 210 cm³/mol. The minimum Gasteiger partial charge on any atom is -0.462 e. The van der Waals surface area contributed by atoms with Gasteiger partial charge in [0.15, 0.2) is 6.10 Å². The van der Waals surface area contributed by atoms with Crippen LogP contribution in [0.3, 0.4) is 0 Å². The molecule has 0 saturated heterocycles. The molecular formula is C44H78O5. The van der Waals surface area contributed by atoms with Gasteiger partial charge in [0.1, 0.15) is 6.61 Å². The number of hydrogen-bond donors (Lipinski definition) is 1. The van der Waals surface area contributed by atoms with Crippen LogP contribution in [0.2, 0.25) is 0 Å². The van der Waals surface area contributed by atoms with E-state index in [-0.39, 0.29) is 31.6 Å². The lowest BCUT2D eigenvalue weighted by atomic mass is 10.1. The minimum absolute atomic E-state index is 0.1000. The summed E-state index contributed by atoms with van der Waals surface area (Å²) < 4.78 is 10.5. The molecule has 1 atom stereocenters. The highest BCUT2D eigenvalue weighted by Crippen LogP contribution is 2.13. The molecule has 0 radical (unpaired) electrons. The topological polar surface area (TPSA) is 72.8 Å². The number of rotatable bonds is 37. The molecule has 0 aliphatic heterocycles. The number of aliphatic hydroxyl groups is 1. The van der Waals surface area contributed by atoms with Gasteiger partial charge in [-0.25, -0.2) is 0 Å². The van der Waals surface area contributed by atoms with Crippen LogP contribution in [-0.4, -0.2) is 36.4 Å². The Labute approximate surface area is 303 Å². The summed E-state index contributed by atoms with van der Waals surface area (Å²) >= 11 is 0. The second-order valence-corrected chi connectivity index (χ2v) is 13.7. The lowest BCUT2D eigenvalue weighted by Gasteiger charge is -2.15. The summed E-state index contributed by atoms with van der Waals surface area (Å²) in [5, 5.41) is 9.55. The van der Waals surface area contributed by atoms with Gasteiger partial charge in [-0.3, -0.25) is 9.59 Å². The van der Waals surface area contributed by atoms with E-state index in [1.807, 2.05) is 6.08 Å². The highest BCUT2D eigenvalue weighted by molar-refractivity contribution is 5.70. The fourth-order valence-electron chi connectivity index (χ4n) is 5.70. The van der Waals surface area contributed by atoms with E-state index in [0.717, 1.165) is 44.9 Å².